The van der Waals surface area contributed by atoms with Crippen molar-refractivity contribution < 1.29 is 17.2 Å². The van der Waals surface area contributed by atoms with Crippen molar-refractivity contribution in [1.29, 1.82) is 0 Å². The van der Waals surface area contributed by atoms with E-state index in [-0.39, 0.29) is 4.90 Å². The number of hydrogen-bond acceptors (Lipinski definition) is 3. The first-order valence-electron chi connectivity index (χ1n) is 5.70. The predicted octanol–water partition coefficient (Wildman–Crippen LogP) is 2.89. The van der Waals surface area contributed by atoms with Crippen molar-refractivity contribution in [3.8, 4) is 0 Å². The molecule has 0 spiro atoms. The zero-order valence-electron chi connectivity index (χ0n) is 9.99. The van der Waals surface area contributed by atoms with E-state index in [4.69, 9.17) is 0 Å². The number of alkyl halides is 2. The summed E-state index contributed by atoms with van der Waals surface area (Å²) in [5.41, 5.74) is 1.07. The molecule has 0 saturated heterocycles. The molecule has 1 aliphatic rings. The number of rotatable bonds is 5. The SMILES string of the molecule is CC1(CNc2ccc(S(=O)(=O)C(F)F)cc2)CC1. The normalized spacial score (nSPS) is 17.8. The number of anilines is 1. The molecule has 1 fully saturated rings. The van der Waals surface area contributed by atoms with E-state index in [9.17, 15) is 17.2 Å². The van der Waals surface area contributed by atoms with Gasteiger partial charge in [-0.15, -0.1) is 0 Å². The fourth-order valence-corrected chi connectivity index (χ4v) is 2.29. The molecule has 1 saturated carbocycles. The van der Waals surface area contributed by atoms with Crippen molar-refractivity contribution in [3.63, 3.8) is 0 Å². The van der Waals surface area contributed by atoms with Gasteiger partial charge < -0.3 is 5.32 Å². The largest absolute Gasteiger partial charge is 0.384 e. The highest BCUT2D eigenvalue weighted by molar-refractivity contribution is 7.91. The van der Waals surface area contributed by atoms with Crippen molar-refractivity contribution in [2.75, 3.05) is 11.9 Å². The first kappa shape index (κ1) is 13.3. The van der Waals surface area contributed by atoms with Crippen LogP contribution in [0, 0.1) is 5.41 Å². The van der Waals surface area contributed by atoms with Crippen LogP contribution in [-0.4, -0.2) is 20.7 Å². The van der Waals surface area contributed by atoms with Crippen LogP contribution in [0.2, 0.25) is 0 Å². The predicted molar refractivity (Wildman–Crippen MR) is 65.5 cm³/mol. The smallest absolute Gasteiger partial charge is 0.341 e. The van der Waals surface area contributed by atoms with Gasteiger partial charge in [-0.3, -0.25) is 0 Å². The van der Waals surface area contributed by atoms with E-state index in [1.165, 1.54) is 37.1 Å². The molecule has 1 aromatic carbocycles. The van der Waals surface area contributed by atoms with Crippen LogP contribution in [-0.2, 0) is 9.84 Å². The molecule has 100 valence electrons. The molecule has 18 heavy (non-hydrogen) atoms. The van der Waals surface area contributed by atoms with Crippen molar-refractivity contribution in [2.24, 2.45) is 5.41 Å². The minimum absolute atomic E-state index is 0.327. The van der Waals surface area contributed by atoms with E-state index < -0.39 is 15.6 Å². The van der Waals surface area contributed by atoms with Crippen molar-refractivity contribution in [3.05, 3.63) is 24.3 Å². The van der Waals surface area contributed by atoms with Crippen LogP contribution in [0.3, 0.4) is 0 Å². The van der Waals surface area contributed by atoms with E-state index >= 15 is 0 Å². The maximum Gasteiger partial charge on any atom is 0.341 e. The lowest BCUT2D eigenvalue weighted by Gasteiger charge is -2.11. The third kappa shape index (κ3) is 2.80. The van der Waals surface area contributed by atoms with Gasteiger partial charge >= 0.3 is 5.76 Å². The summed E-state index contributed by atoms with van der Waals surface area (Å²) >= 11 is 0. The van der Waals surface area contributed by atoms with Crippen LogP contribution < -0.4 is 5.32 Å². The van der Waals surface area contributed by atoms with Crippen LogP contribution in [0.25, 0.3) is 0 Å². The molecule has 1 N–H and O–H groups in total. The van der Waals surface area contributed by atoms with Gasteiger partial charge in [-0.25, -0.2) is 8.42 Å². The van der Waals surface area contributed by atoms with E-state index in [0.717, 1.165) is 12.2 Å². The van der Waals surface area contributed by atoms with E-state index in [1.807, 2.05) is 0 Å². The van der Waals surface area contributed by atoms with Crippen molar-refractivity contribution >= 4 is 15.5 Å². The maximum absolute atomic E-state index is 12.3. The molecular weight excluding hydrogens is 260 g/mol. The quantitative estimate of drug-likeness (QED) is 0.898. The summed E-state index contributed by atoms with van der Waals surface area (Å²) in [7, 11) is -4.49. The van der Waals surface area contributed by atoms with E-state index in [0.29, 0.717) is 5.41 Å². The molecule has 0 bridgehead atoms. The average Bonchev–Trinajstić information content (AvgIpc) is 3.06. The Kier molecular flexibility index (Phi) is 3.31. The summed E-state index contributed by atoms with van der Waals surface area (Å²) in [6.07, 6.45) is 2.36. The van der Waals surface area contributed by atoms with Gasteiger partial charge in [-0.2, -0.15) is 8.78 Å². The molecule has 1 aliphatic carbocycles. The molecule has 0 amide bonds. The van der Waals surface area contributed by atoms with Crippen LogP contribution in [0.15, 0.2) is 29.2 Å². The highest BCUT2D eigenvalue weighted by Gasteiger charge is 2.36. The zero-order valence-corrected chi connectivity index (χ0v) is 10.8. The lowest BCUT2D eigenvalue weighted by molar-refractivity contribution is 0.234. The Hall–Kier alpha value is -1.17. The molecule has 0 aliphatic heterocycles. The summed E-state index contributed by atoms with van der Waals surface area (Å²) < 4.78 is 47.0. The molecule has 2 rings (SSSR count). The van der Waals surface area contributed by atoms with Gasteiger partial charge in [0.15, 0.2) is 0 Å². The van der Waals surface area contributed by atoms with Gasteiger partial charge in [0, 0.05) is 12.2 Å². The van der Waals surface area contributed by atoms with Crippen LogP contribution in [0.4, 0.5) is 14.5 Å². The number of benzene rings is 1. The van der Waals surface area contributed by atoms with Gasteiger partial charge in [-0.1, -0.05) is 6.92 Å². The van der Waals surface area contributed by atoms with Crippen LogP contribution in [0.1, 0.15) is 19.8 Å². The molecule has 0 atom stereocenters. The number of hydrogen-bond donors (Lipinski definition) is 1. The number of nitrogens with one attached hydrogen (secondary N) is 1. The summed E-state index contributed by atoms with van der Waals surface area (Å²) in [6.45, 7) is 2.98. The molecule has 0 unspecified atom stereocenters. The fourth-order valence-electron chi connectivity index (χ4n) is 1.57. The Bertz CT molecular complexity index is 522. The summed E-state index contributed by atoms with van der Waals surface area (Å²) in [4.78, 5) is -0.347. The molecule has 3 nitrogen and oxygen atoms in total. The second-order valence-corrected chi connectivity index (χ2v) is 6.91. The lowest BCUT2D eigenvalue weighted by atomic mass is 10.1. The summed E-state index contributed by atoms with van der Waals surface area (Å²) in [5, 5.41) is 3.17. The molecule has 0 aromatic heterocycles. The van der Waals surface area contributed by atoms with Crippen molar-refractivity contribution in [2.45, 2.75) is 30.4 Å². The second kappa shape index (κ2) is 4.50. The lowest BCUT2D eigenvalue weighted by Crippen LogP contribution is -2.13. The molecule has 0 radical (unpaired) electrons. The van der Waals surface area contributed by atoms with Gasteiger partial charge in [-0.05, 0) is 42.5 Å². The second-order valence-electron chi connectivity index (χ2n) is 4.99. The minimum atomic E-state index is -4.49. The standard InChI is InChI=1S/C12H15F2NO2S/c1-12(6-7-12)8-15-9-2-4-10(5-3-9)18(16,17)11(13)14/h2-5,11,15H,6-8H2,1H3. The Morgan fingerprint density at radius 1 is 1.28 bits per heavy atom. The van der Waals surface area contributed by atoms with Crippen molar-refractivity contribution in [1.82, 2.24) is 0 Å². The first-order valence-corrected chi connectivity index (χ1v) is 7.24. The summed E-state index contributed by atoms with van der Waals surface area (Å²) in [6, 6.07) is 5.44. The first-order chi connectivity index (χ1) is 8.33. The highest BCUT2D eigenvalue weighted by atomic mass is 32.2. The zero-order chi connectivity index (χ0) is 13.4. The Morgan fingerprint density at radius 2 is 1.83 bits per heavy atom. The third-order valence-corrected chi connectivity index (χ3v) is 4.64. The Balaban J connectivity index is 2.05. The van der Waals surface area contributed by atoms with Crippen LogP contribution >= 0.6 is 0 Å². The Labute approximate surface area is 105 Å². The number of sulfone groups is 1. The van der Waals surface area contributed by atoms with Gasteiger partial charge in [0.25, 0.3) is 0 Å². The molecule has 1 aromatic rings. The topological polar surface area (TPSA) is 46.2 Å². The summed E-state index contributed by atoms with van der Waals surface area (Å²) in [5.74, 6) is -3.37. The van der Waals surface area contributed by atoms with E-state index in [2.05, 4.69) is 12.2 Å². The van der Waals surface area contributed by atoms with Gasteiger partial charge in [0.2, 0.25) is 9.84 Å². The molecule has 0 heterocycles. The minimum Gasteiger partial charge on any atom is -0.384 e. The third-order valence-electron chi connectivity index (χ3n) is 3.24. The highest BCUT2D eigenvalue weighted by Crippen LogP contribution is 2.44. The van der Waals surface area contributed by atoms with Crippen LogP contribution in [0.5, 0.6) is 0 Å². The molecule has 6 heteroatoms. The monoisotopic (exact) mass is 275 g/mol. The van der Waals surface area contributed by atoms with E-state index in [1.54, 1.807) is 0 Å². The van der Waals surface area contributed by atoms with Gasteiger partial charge in [0.1, 0.15) is 0 Å². The fraction of sp³-hybridized carbons (Fsp3) is 0.500. The number of halogens is 2. The van der Waals surface area contributed by atoms with Gasteiger partial charge in [0.05, 0.1) is 4.90 Å². The average molecular weight is 275 g/mol. The molecular formula is C12H15F2NO2S. The Morgan fingerprint density at radius 3 is 2.28 bits per heavy atom. The maximum atomic E-state index is 12.3.